The van der Waals surface area contributed by atoms with Crippen molar-refractivity contribution in [3.63, 3.8) is 0 Å². The first kappa shape index (κ1) is 27.3. The number of hydrogen-bond acceptors (Lipinski definition) is 8. The van der Waals surface area contributed by atoms with E-state index >= 15 is 0 Å². The minimum absolute atomic E-state index is 0.0573. The van der Waals surface area contributed by atoms with E-state index in [1.807, 2.05) is 19.1 Å². The lowest BCUT2D eigenvalue weighted by atomic mass is 9.75. The number of fused-ring (bicyclic) bond motifs is 1. The van der Waals surface area contributed by atoms with Crippen LogP contribution in [0.3, 0.4) is 0 Å². The Hall–Kier alpha value is -3.79. The number of carbonyl (C=O) groups excluding carboxylic acids is 3. The molecule has 0 unspecified atom stereocenters. The summed E-state index contributed by atoms with van der Waals surface area (Å²) in [6.07, 6.45) is 0.761. The average Bonchev–Trinajstić information content (AvgIpc) is 2.94. The van der Waals surface area contributed by atoms with Crippen molar-refractivity contribution < 1.29 is 33.3 Å². The predicted molar refractivity (Wildman–Crippen MR) is 140 cm³/mol. The summed E-state index contributed by atoms with van der Waals surface area (Å²) in [5, 5.41) is 0. The van der Waals surface area contributed by atoms with Gasteiger partial charge < -0.3 is 18.9 Å². The molecular formula is C28H35N3O7. The third-order valence-corrected chi connectivity index (χ3v) is 7.77. The van der Waals surface area contributed by atoms with E-state index in [1.165, 1.54) is 21.2 Å². The molecule has 10 nitrogen and oxygen atoms in total. The largest absolute Gasteiger partial charge is 0.497 e. The van der Waals surface area contributed by atoms with E-state index in [0.29, 0.717) is 41.5 Å². The van der Waals surface area contributed by atoms with Gasteiger partial charge in [0.05, 0.1) is 28.4 Å². The molecule has 0 spiro atoms. The highest BCUT2D eigenvalue weighted by Crippen LogP contribution is 2.42. The van der Waals surface area contributed by atoms with Crippen LogP contribution in [-0.2, 0) is 22.4 Å². The van der Waals surface area contributed by atoms with Gasteiger partial charge in [0.1, 0.15) is 16.9 Å². The van der Waals surface area contributed by atoms with Crippen LogP contribution in [0.2, 0.25) is 0 Å². The third kappa shape index (κ3) is 4.42. The number of amides is 4. The fraction of sp³-hybridized carbons (Fsp3) is 0.464. The van der Waals surface area contributed by atoms with Gasteiger partial charge in [-0.05, 0) is 48.2 Å². The highest BCUT2D eigenvalue weighted by molar-refractivity contribution is 6.19. The van der Waals surface area contributed by atoms with Crippen LogP contribution < -0.4 is 18.9 Å². The summed E-state index contributed by atoms with van der Waals surface area (Å²) in [5.74, 6) is 1.31. The fourth-order valence-corrected chi connectivity index (χ4v) is 5.56. The number of barbiturate groups is 1. The molecule has 10 heteroatoms. The lowest BCUT2D eigenvalue weighted by Crippen LogP contribution is -2.67. The van der Waals surface area contributed by atoms with Crippen molar-refractivity contribution in [2.45, 2.75) is 25.8 Å². The van der Waals surface area contributed by atoms with Crippen molar-refractivity contribution in [2.24, 2.45) is 5.41 Å². The van der Waals surface area contributed by atoms with Crippen molar-refractivity contribution in [3.05, 3.63) is 47.0 Å². The Bertz CT molecular complexity index is 1240. The normalized spacial score (nSPS) is 19.3. The SMILES string of the molecule is COc1ccc(CC2(CN3CCc4cc(OC)c(OC)cc4[C@H]3C)C(=O)N(C)C(=O)N(C)C2=O)c(OC)c1. The minimum atomic E-state index is -1.54. The number of imide groups is 2. The van der Waals surface area contributed by atoms with Crippen molar-refractivity contribution >= 4 is 17.8 Å². The molecule has 2 aliphatic rings. The number of benzene rings is 2. The minimum Gasteiger partial charge on any atom is -0.497 e. The molecule has 2 aliphatic heterocycles. The van der Waals surface area contributed by atoms with Crippen molar-refractivity contribution in [1.82, 2.24) is 14.7 Å². The monoisotopic (exact) mass is 525 g/mol. The molecule has 1 saturated heterocycles. The Morgan fingerprint density at radius 2 is 1.45 bits per heavy atom. The first-order chi connectivity index (χ1) is 18.1. The van der Waals surface area contributed by atoms with Gasteiger partial charge in [0.25, 0.3) is 0 Å². The average molecular weight is 526 g/mol. The van der Waals surface area contributed by atoms with Crippen LogP contribution in [0.4, 0.5) is 4.79 Å². The van der Waals surface area contributed by atoms with Crippen molar-refractivity contribution in [3.8, 4) is 23.0 Å². The van der Waals surface area contributed by atoms with Gasteiger partial charge >= 0.3 is 6.03 Å². The second-order valence-electron chi connectivity index (χ2n) is 9.75. The molecule has 0 saturated carbocycles. The number of rotatable bonds is 8. The Morgan fingerprint density at radius 1 is 0.842 bits per heavy atom. The van der Waals surface area contributed by atoms with E-state index in [4.69, 9.17) is 18.9 Å². The maximum Gasteiger partial charge on any atom is 0.332 e. The van der Waals surface area contributed by atoms with Crippen molar-refractivity contribution in [2.75, 3.05) is 55.6 Å². The summed E-state index contributed by atoms with van der Waals surface area (Å²) < 4.78 is 21.9. The summed E-state index contributed by atoms with van der Waals surface area (Å²) in [6, 6.07) is 8.45. The molecule has 0 radical (unpaired) electrons. The Labute approximate surface area is 223 Å². The van der Waals surface area contributed by atoms with E-state index in [9.17, 15) is 14.4 Å². The number of methoxy groups -OCH3 is 4. The summed E-state index contributed by atoms with van der Waals surface area (Å²) in [4.78, 5) is 44.6. The molecule has 0 aliphatic carbocycles. The lowest BCUT2D eigenvalue weighted by Gasteiger charge is -2.46. The van der Waals surface area contributed by atoms with Gasteiger partial charge in [0, 0.05) is 45.7 Å². The van der Waals surface area contributed by atoms with Crippen LogP contribution in [0.25, 0.3) is 0 Å². The topological polar surface area (TPSA) is 97.9 Å². The Balaban J connectivity index is 1.78. The van der Waals surface area contributed by atoms with Gasteiger partial charge in [-0.1, -0.05) is 6.07 Å². The molecule has 204 valence electrons. The number of ether oxygens (including phenoxy) is 4. The quantitative estimate of drug-likeness (QED) is 0.486. The molecule has 1 fully saturated rings. The van der Waals surface area contributed by atoms with Crippen LogP contribution in [0.15, 0.2) is 30.3 Å². The maximum absolute atomic E-state index is 13.9. The fourth-order valence-electron chi connectivity index (χ4n) is 5.56. The summed E-state index contributed by atoms with van der Waals surface area (Å²) in [5.41, 5.74) is 1.30. The molecule has 0 N–H and O–H groups in total. The molecule has 1 atom stereocenters. The van der Waals surface area contributed by atoms with E-state index in [1.54, 1.807) is 39.5 Å². The molecule has 38 heavy (non-hydrogen) atoms. The van der Waals surface area contributed by atoms with E-state index in [0.717, 1.165) is 20.9 Å². The molecule has 2 aromatic carbocycles. The number of carbonyl (C=O) groups is 3. The second kappa shape index (κ2) is 10.5. The van der Waals surface area contributed by atoms with Gasteiger partial charge in [-0.25, -0.2) is 4.79 Å². The van der Waals surface area contributed by atoms with Gasteiger partial charge in [0.2, 0.25) is 11.8 Å². The van der Waals surface area contributed by atoms with E-state index in [2.05, 4.69) is 4.90 Å². The number of hydrogen-bond donors (Lipinski definition) is 0. The molecular weight excluding hydrogens is 490 g/mol. The first-order valence-electron chi connectivity index (χ1n) is 12.4. The van der Waals surface area contributed by atoms with Gasteiger partial charge in [0.15, 0.2) is 11.5 Å². The predicted octanol–water partition coefficient (Wildman–Crippen LogP) is 2.92. The van der Waals surface area contributed by atoms with Crippen LogP contribution in [-0.4, -0.2) is 88.2 Å². The van der Waals surface area contributed by atoms with Gasteiger partial charge in [-0.2, -0.15) is 0 Å². The highest BCUT2D eigenvalue weighted by Gasteiger charge is 2.57. The first-order valence-corrected chi connectivity index (χ1v) is 12.4. The molecule has 4 amide bonds. The molecule has 0 aromatic heterocycles. The third-order valence-electron chi connectivity index (χ3n) is 7.77. The van der Waals surface area contributed by atoms with Crippen LogP contribution in [0.5, 0.6) is 23.0 Å². The van der Waals surface area contributed by atoms with E-state index < -0.39 is 23.3 Å². The van der Waals surface area contributed by atoms with Crippen LogP contribution >= 0.6 is 0 Å². The van der Waals surface area contributed by atoms with Gasteiger partial charge in [-0.3, -0.25) is 24.3 Å². The van der Waals surface area contributed by atoms with Crippen LogP contribution in [0, 0.1) is 5.41 Å². The van der Waals surface area contributed by atoms with Gasteiger partial charge in [-0.15, -0.1) is 0 Å². The molecule has 0 bridgehead atoms. The smallest absolute Gasteiger partial charge is 0.332 e. The Kier molecular flexibility index (Phi) is 7.55. The Morgan fingerprint density at radius 3 is 2.03 bits per heavy atom. The maximum atomic E-state index is 13.9. The van der Waals surface area contributed by atoms with E-state index in [-0.39, 0.29) is 19.0 Å². The number of urea groups is 1. The summed E-state index contributed by atoms with van der Waals surface area (Å²) >= 11 is 0. The molecule has 2 aromatic rings. The standard InChI is InChI=1S/C28H35N3O7/c1-17-21-14-24(38-7)23(37-6)12-18(21)10-11-31(17)16-28(25(32)29(2)27(34)30(3)26(28)33)15-19-8-9-20(35-4)13-22(19)36-5/h8-9,12-14,17H,10-11,15-16H2,1-7H3/t17-/m1/s1. The zero-order valence-corrected chi connectivity index (χ0v) is 23.0. The number of nitrogens with zero attached hydrogens (tertiary/aromatic N) is 3. The zero-order valence-electron chi connectivity index (χ0n) is 23.0. The summed E-state index contributed by atoms with van der Waals surface area (Å²) in [7, 11) is 9.12. The lowest BCUT2D eigenvalue weighted by molar-refractivity contribution is -0.159. The highest BCUT2D eigenvalue weighted by atomic mass is 16.5. The van der Waals surface area contributed by atoms with Crippen LogP contribution in [0.1, 0.15) is 29.7 Å². The summed E-state index contributed by atoms with van der Waals surface area (Å²) in [6.45, 7) is 2.78. The molecule has 2 heterocycles. The second-order valence-corrected chi connectivity index (χ2v) is 9.75. The zero-order chi connectivity index (χ0) is 27.8. The van der Waals surface area contributed by atoms with Crippen molar-refractivity contribution in [1.29, 1.82) is 0 Å². The molecule has 4 rings (SSSR count).